The summed E-state index contributed by atoms with van der Waals surface area (Å²) in [6.45, 7) is 6.16. The molecule has 1 N–H and O–H groups in total. The van der Waals surface area contributed by atoms with E-state index in [0.717, 1.165) is 51.8 Å². The van der Waals surface area contributed by atoms with Crippen molar-refractivity contribution < 1.29 is 13.2 Å². The zero-order valence-corrected chi connectivity index (χ0v) is 11.9. The molecule has 0 aromatic heterocycles. The Bertz CT molecular complexity index is 503. The van der Waals surface area contributed by atoms with Gasteiger partial charge in [0.1, 0.15) is 5.82 Å². The van der Waals surface area contributed by atoms with Crippen LogP contribution in [0.1, 0.15) is 12.0 Å². The van der Waals surface area contributed by atoms with Crippen LogP contribution in [0.4, 0.5) is 13.2 Å². The van der Waals surface area contributed by atoms with E-state index < -0.39 is 17.5 Å². The lowest BCUT2D eigenvalue weighted by atomic mass is 10.2. The van der Waals surface area contributed by atoms with E-state index in [2.05, 4.69) is 15.1 Å². The minimum atomic E-state index is -1.13. The molecule has 1 aromatic rings. The summed E-state index contributed by atoms with van der Waals surface area (Å²) in [6.07, 6.45) is 1.05. The molecule has 0 saturated carbocycles. The van der Waals surface area contributed by atoms with Gasteiger partial charge < -0.3 is 5.32 Å². The van der Waals surface area contributed by atoms with Gasteiger partial charge in [-0.15, -0.1) is 0 Å². The van der Waals surface area contributed by atoms with E-state index in [1.807, 2.05) is 0 Å². The van der Waals surface area contributed by atoms with Crippen molar-refractivity contribution in [3.63, 3.8) is 0 Å². The van der Waals surface area contributed by atoms with Gasteiger partial charge in [0, 0.05) is 63.5 Å². The molecule has 0 spiro atoms. The van der Waals surface area contributed by atoms with E-state index in [0.29, 0.717) is 18.7 Å². The number of nitrogens with zero attached hydrogens (tertiary/aromatic N) is 2. The molecule has 2 fully saturated rings. The fourth-order valence-corrected chi connectivity index (χ4v) is 3.23. The second kappa shape index (κ2) is 6.34. The molecule has 1 unspecified atom stereocenters. The number of rotatable bonds is 3. The third-order valence-electron chi connectivity index (χ3n) is 4.40. The highest BCUT2D eigenvalue weighted by atomic mass is 19.2. The molecule has 2 aliphatic rings. The molecule has 3 nitrogen and oxygen atoms in total. The molecule has 2 heterocycles. The van der Waals surface area contributed by atoms with E-state index >= 15 is 0 Å². The molecular weight excluding hydrogens is 279 g/mol. The molecule has 0 aliphatic carbocycles. The Kier molecular flexibility index (Phi) is 4.47. The summed E-state index contributed by atoms with van der Waals surface area (Å²) in [5, 5.41) is 3.33. The van der Waals surface area contributed by atoms with Crippen LogP contribution in [0.2, 0.25) is 0 Å². The average molecular weight is 299 g/mol. The Labute approximate surface area is 122 Å². The highest BCUT2D eigenvalue weighted by Gasteiger charge is 2.28. The summed E-state index contributed by atoms with van der Waals surface area (Å²) in [4.78, 5) is 4.57. The lowest BCUT2D eigenvalue weighted by Crippen LogP contribution is -2.49. The fraction of sp³-hybridized carbons (Fsp3) is 0.600. The number of piperazine rings is 1. The van der Waals surface area contributed by atoms with Crippen LogP contribution < -0.4 is 5.32 Å². The molecule has 0 amide bonds. The Morgan fingerprint density at radius 2 is 1.71 bits per heavy atom. The molecule has 2 aliphatic heterocycles. The van der Waals surface area contributed by atoms with Crippen LogP contribution in [0.5, 0.6) is 0 Å². The van der Waals surface area contributed by atoms with Gasteiger partial charge in [-0.3, -0.25) is 9.80 Å². The zero-order valence-electron chi connectivity index (χ0n) is 11.9. The first-order valence-electron chi connectivity index (χ1n) is 7.44. The van der Waals surface area contributed by atoms with Crippen molar-refractivity contribution in [1.82, 2.24) is 15.1 Å². The Morgan fingerprint density at radius 1 is 1.00 bits per heavy atom. The summed E-state index contributed by atoms with van der Waals surface area (Å²) in [5.41, 5.74) is 0.231. The van der Waals surface area contributed by atoms with E-state index in [9.17, 15) is 13.2 Å². The Balaban J connectivity index is 1.60. The average Bonchev–Trinajstić information content (AvgIpc) is 2.94. The van der Waals surface area contributed by atoms with Gasteiger partial charge in [0.05, 0.1) is 0 Å². The van der Waals surface area contributed by atoms with Crippen LogP contribution in [0.25, 0.3) is 0 Å². The quantitative estimate of drug-likeness (QED) is 0.855. The van der Waals surface area contributed by atoms with Crippen molar-refractivity contribution >= 4 is 0 Å². The summed E-state index contributed by atoms with van der Waals surface area (Å²) in [6, 6.07) is 2.09. The molecule has 2 saturated heterocycles. The largest absolute Gasteiger partial charge is 0.314 e. The molecule has 3 rings (SSSR count). The van der Waals surface area contributed by atoms with E-state index in [4.69, 9.17) is 0 Å². The number of likely N-dealkylation sites (tertiary alicyclic amines) is 1. The monoisotopic (exact) mass is 299 g/mol. The van der Waals surface area contributed by atoms with Gasteiger partial charge in [0.2, 0.25) is 0 Å². The maximum Gasteiger partial charge on any atom is 0.161 e. The summed E-state index contributed by atoms with van der Waals surface area (Å²) in [7, 11) is 0. The van der Waals surface area contributed by atoms with Crippen molar-refractivity contribution in [3.05, 3.63) is 35.1 Å². The molecule has 1 aromatic carbocycles. The summed E-state index contributed by atoms with van der Waals surface area (Å²) < 4.78 is 39.8. The van der Waals surface area contributed by atoms with Crippen molar-refractivity contribution in [3.8, 4) is 0 Å². The van der Waals surface area contributed by atoms with Crippen LogP contribution >= 0.6 is 0 Å². The lowest BCUT2D eigenvalue weighted by molar-refractivity contribution is 0.170. The second-order valence-corrected chi connectivity index (χ2v) is 5.82. The molecule has 21 heavy (non-hydrogen) atoms. The third kappa shape index (κ3) is 3.39. The van der Waals surface area contributed by atoms with Crippen molar-refractivity contribution in [1.29, 1.82) is 0 Å². The van der Waals surface area contributed by atoms with E-state index in [1.54, 1.807) is 0 Å². The number of hydrogen-bond acceptors (Lipinski definition) is 3. The standard InChI is InChI=1S/C15H20F3N3/c16-13-8-15(18)14(17)7-11(13)9-20-4-1-12(10-20)21-5-2-19-3-6-21/h7-8,12,19H,1-6,9-10H2. The molecule has 1 atom stereocenters. The number of benzene rings is 1. The minimum absolute atomic E-state index is 0.231. The van der Waals surface area contributed by atoms with Crippen LogP contribution in [-0.2, 0) is 6.54 Å². The van der Waals surface area contributed by atoms with Crippen molar-refractivity contribution in [2.45, 2.75) is 19.0 Å². The van der Waals surface area contributed by atoms with Gasteiger partial charge in [0.25, 0.3) is 0 Å². The van der Waals surface area contributed by atoms with Crippen molar-refractivity contribution in [2.75, 3.05) is 39.3 Å². The second-order valence-electron chi connectivity index (χ2n) is 5.82. The van der Waals surface area contributed by atoms with Crippen molar-refractivity contribution in [2.24, 2.45) is 0 Å². The first kappa shape index (κ1) is 14.8. The third-order valence-corrected chi connectivity index (χ3v) is 4.40. The maximum atomic E-state index is 13.7. The lowest BCUT2D eigenvalue weighted by Gasteiger charge is -2.32. The van der Waals surface area contributed by atoms with Gasteiger partial charge >= 0.3 is 0 Å². The molecule has 116 valence electrons. The summed E-state index contributed by atoms with van der Waals surface area (Å²) >= 11 is 0. The van der Waals surface area contributed by atoms with E-state index in [-0.39, 0.29) is 5.56 Å². The first-order valence-corrected chi connectivity index (χ1v) is 7.44. The highest BCUT2D eigenvalue weighted by molar-refractivity contribution is 5.20. The normalized spacial score (nSPS) is 24.6. The van der Waals surface area contributed by atoms with Gasteiger partial charge in [-0.05, 0) is 12.5 Å². The van der Waals surface area contributed by atoms with Crippen LogP contribution in [0.15, 0.2) is 12.1 Å². The predicted molar refractivity (Wildman–Crippen MR) is 74.4 cm³/mol. The van der Waals surface area contributed by atoms with Crippen LogP contribution in [0.3, 0.4) is 0 Å². The van der Waals surface area contributed by atoms with Gasteiger partial charge in [-0.1, -0.05) is 0 Å². The van der Waals surface area contributed by atoms with Crippen LogP contribution in [-0.4, -0.2) is 55.1 Å². The molecular formula is C15H20F3N3. The first-order chi connectivity index (χ1) is 10.1. The number of halogens is 3. The molecule has 6 heteroatoms. The van der Waals surface area contributed by atoms with E-state index in [1.165, 1.54) is 0 Å². The fourth-order valence-electron chi connectivity index (χ4n) is 3.23. The van der Waals surface area contributed by atoms with Gasteiger partial charge in [-0.2, -0.15) is 0 Å². The highest BCUT2D eigenvalue weighted by Crippen LogP contribution is 2.21. The summed E-state index contributed by atoms with van der Waals surface area (Å²) in [5.74, 6) is -2.78. The minimum Gasteiger partial charge on any atom is -0.314 e. The Hall–Kier alpha value is -1.11. The molecule has 0 bridgehead atoms. The topological polar surface area (TPSA) is 18.5 Å². The van der Waals surface area contributed by atoms with Gasteiger partial charge in [-0.25, -0.2) is 13.2 Å². The molecule has 0 radical (unpaired) electrons. The van der Waals surface area contributed by atoms with Gasteiger partial charge in [0.15, 0.2) is 11.6 Å². The predicted octanol–water partition coefficient (Wildman–Crippen LogP) is 1.58. The number of hydrogen-bond donors (Lipinski definition) is 1. The zero-order chi connectivity index (χ0) is 14.8. The SMILES string of the molecule is Fc1cc(F)c(CN2CCC(N3CCNCC3)C2)cc1F. The smallest absolute Gasteiger partial charge is 0.161 e. The Morgan fingerprint density at radius 3 is 2.48 bits per heavy atom. The number of nitrogens with one attached hydrogen (secondary N) is 1. The van der Waals surface area contributed by atoms with Crippen LogP contribution in [0, 0.1) is 17.5 Å². The maximum absolute atomic E-state index is 13.7.